The lowest BCUT2D eigenvalue weighted by Gasteiger charge is -2.43. The molecule has 3 aliphatic heterocycles. The largest absolute Gasteiger partial charge is 0.495 e. The zero-order valence-corrected chi connectivity index (χ0v) is 33.3. The quantitative estimate of drug-likeness (QED) is 0.110. The van der Waals surface area contributed by atoms with Gasteiger partial charge in [0.1, 0.15) is 35.5 Å². The molecule has 5 N–H and O–H groups in total. The number of piperidine rings is 1. The first-order valence-corrected chi connectivity index (χ1v) is 20.1. The molecule has 3 atom stereocenters. The first-order chi connectivity index (χ1) is 28.5. The van der Waals surface area contributed by atoms with E-state index in [9.17, 15) is 33.9 Å². The summed E-state index contributed by atoms with van der Waals surface area (Å²) in [4.78, 5) is 91.7. The molecule has 1 aliphatic carbocycles. The summed E-state index contributed by atoms with van der Waals surface area (Å²) in [5.74, 6) is -1.13. The van der Waals surface area contributed by atoms with Gasteiger partial charge in [-0.2, -0.15) is 4.98 Å². The number of hydrogen-bond acceptors (Lipinski definition) is 13. The maximum absolute atomic E-state index is 13.3. The van der Waals surface area contributed by atoms with Crippen LogP contribution < -0.4 is 40.5 Å². The van der Waals surface area contributed by atoms with Gasteiger partial charge in [0.05, 0.1) is 30.1 Å². The SMILES string of the molecule is CCC1C(=O)N(C)c2cnc(Nc3ccc(C(=O)NCCCCNC(=O)COc4cccc5c4C(=O)N(C4CCC(O)NC4=O)C5=O)cc3OC)nc2N1C1CCCC1. The molecular weight excluding hydrogens is 763 g/mol. The van der Waals surface area contributed by atoms with Crippen LogP contribution in [0.2, 0.25) is 0 Å². The minimum Gasteiger partial charge on any atom is -0.495 e. The fourth-order valence-corrected chi connectivity index (χ4v) is 8.18. The molecule has 312 valence electrons. The topological polar surface area (TPSA) is 225 Å². The average molecular weight is 812 g/mol. The minimum atomic E-state index is -1.06. The molecule has 1 saturated carbocycles. The van der Waals surface area contributed by atoms with Crippen LogP contribution in [0.5, 0.6) is 11.5 Å². The van der Waals surface area contributed by atoms with E-state index < -0.39 is 42.5 Å². The lowest BCUT2D eigenvalue weighted by atomic mass is 10.0. The predicted octanol–water partition coefficient (Wildman–Crippen LogP) is 2.63. The third-order valence-electron chi connectivity index (χ3n) is 11.2. The lowest BCUT2D eigenvalue weighted by Crippen LogP contribution is -2.55. The van der Waals surface area contributed by atoms with Crippen LogP contribution in [0, 0.1) is 0 Å². The Balaban J connectivity index is 0.870. The van der Waals surface area contributed by atoms with E-state index in [1.165, 1.54) is 25.3 Å². The summed E-state index contributed by atoms with van der Waals surface area (Å²) in [6.07, 6.45) is 7.00. The summed E-state index contributed by atoms with van der Waals surface area (Å²) >= 11 is 0. The van der Waals surface area contributed by atoms with E-state index in [2.05, 4.69) is 31.2 Å². The number of carbonyl (C=O) groups is 6. The number of aromatic nitrogens is 2. The van der Waals surface area contributed by atoms with Gasteiger partial charge in [-0.15, -0.1) is 0 Å². The maximum atomic E-state index is 13.3. The first kappa shape index (κ1) is 40.9. The monoisotopic (exact) mass is 811 g/mol. The molecule has 1 aromatic heterocycles. The van der Waals surface area contributed by atoms with Crippen LogP contribution in [0.1, 0.15) is 95.8 Å². The van der Waals surface area contributed by atoms with Gasteiger partial charge in [0.25, 0.3) is 23.6 Å². The molecule has 7 rings (SSSR count). The normalized spacial score (nSPS) is 20.3. The molecular formula is C41H49N9O9. The molecule has 3 aromatic rings. The van der Waals surface area contributed by atoms with Crippen molar-refractivity contribution < 1.29 is 43.3 Å². The number of rotatable bonds is 15. The van der Waals surface area contributed by atoms with E-state index in [1.54, 1.807) is 36.3 Å². The minimum absolute atomic E-state index is 0.0179. The number of anilines is 4. The van der Waals surface area contributed by atoms with Crippen molar-refractivity contribution in [1.29, 1.82) is 0 Å². The van der Waals surface area contributed by atoms with Crippen molar-refractivity contribution in [3.8, 4) is 11.5 Å². The van der Waals surface area contributed by atoms with Gasteiger partial charge >= 0.3 is 0 Å². The highest BCUT2D eigenvalue weighted by molar-refractivity contribution is 6.24. The van der Waals surface area contributed by atoms with Crippen molar-refractivity contribution in [2.75, 3.05) is 49.0 Å². The Labute approximate surface area is 341 Å². The molecule has 3 unspecified atom stereocenters. The number of nitrogens with one attached hydrogen (secondary N) is 4. The Morgan fingerprint density at radius 1 is 0.966 bits per heavy atom. The summed E-state index contributed by atoms with van der Waals surface area (Å²) in [5.41, 5.74) is 1.68. The fourth-order valence-electron chi connectivity index (χ4n) is 8.18. The Morgan fingerprint density at radius 3 is 2.46 bits per heavy atom. The zero-order chi connectivity index (χ0) is 41.8. The van der Waals surface area contributed by atoms with Crippen molar-refractivity contribution >= 4 is 58.6 Å². The highest BCUT2D eigenvalue weighted by Crippen LogP contribution is 2.40. The predicted molar refractivity (Wildman–Crippen MR) is 215 cm³/mol. The molecule has 4 aliphatic rings. The van der Waals surface area contributed by atoms with E-state index in [0.29, 0.717) is 61.0 Å². The lowest BCUT2D eigenvalue weighted by molar-refractivity contribution is -0.131. The van der Waals surface area contributed by atoms with Crippen LogP contribution in [-0.4, -0.2) is 114 Å². The van der Waals surface area contributed by atoms with Gasteiger partial charge in [0.15, 0.2) is 12.4 Å². The molecule has 0 radical (unpaired) electrons. The number of imide groups is 1. The number of amides is 6. The van der Waals surface area contributed by atoms with Crippen molar-refractivity contribution in [3.63, 3.8) is 0 Å². The van der Waals surface area contributed by atoms with Gasteiger partial charge in [-0.25, -0.2) is 4.98 Å². The Morgan fingerprint density at radius 2 is 1.73 bits per heavy atom. The second-order valence-electron chi connectivity index (χ2n) is 15.0. The van der Waals surface area contributed by atoms with Crippen molar-refractivity contribution in [3.05, 3.63) is 59.3 Å². The second kappa shape index (κ2) is 17.7. The number of ether oxygens (including phenoxy) is 2. The summed E-state index contributed by atoms with van der Waals surface area (Å²) in [6.45, 7) is 2.27. The van der Waals surface area contributed by atoms with E-state index in [4.69, 9.17) is 14.5 Å². The van der Waals surface area contributed by atoms with E-state index in [1.807, 2.05) is 6.92 Å². The number of likely N-dealkylation sites (N-methyl/N-ethyl adjacent to an activating group) is 1. The Bertz CT molecular complexity index is 2140. The van der Waals surface area contributed by atoms with Crippen molar-refractivity contribution in [2.45, 2.75) is 89.1 Å². The highest BCUT2D eigenvalue weighted by atomic mass is 16.5. The number of benzene rings is 2. The number of aliphatic hydroxyl groups is 1. The number of fused-ring (bicyclic) bond motifs is 2. The molecule has 4 heterocycles. The van der Waals surface area contributed by atoms with Crippen molar-refractivity contribution in [1.82, 2.24) is 30.8 Å². The number of methoxy groups -OCH3 is 1. The summed E-state index contributed by atoms with van der Waals surface area (Å²) in [5, 5.41) is 20.9. The van der Waals surface area contributed by atoms with Crippen LogP contribution in [0.3, 0.4) is 0 Å². The third kappa shape index (κ3) is 8.35. The fraction of sp³-hybridized carbons (Fsp3) is 0.463. The summed E-state index contributed by atoms with van der Waals surface area (Å²) in [7, 11) is 3.27. The highest BCUT2D eigenvalue weighted by Gasteiger charge is 2.46. The molecule has 18 heteroatoms. The van der Waals surface area contributed by atoms with Gasteiger partial charge in [-0.05, 0) is 75.3 Å². The van der Waals surface area contributed by atoms with Crippen LogP contribution >= 0.6 is 0 Å². The molecule has 2 fully saturated rings. The average Bonchev–Trinajstić information content (AvgIpc) is 3.86. The summed E-state index contributed by atoms with van der Waals surface area (Å²) in [6, 6.07) is 8.38. The van der Waals surface area contributed by atoms with Gasteiger partial charge in [-0.1, -0.05) is 25.8 Å². The molecule has 6 amide bonds. The molecule has 0 spiro atoms. The van der Waals surface area contributed by atoms with Gasteiger partial charge in [0.2, 0.25) is 17.8 Å². The number of carbonyl (C=O) groups excluding carboxylic acids is 6. The molecule has 59 heavy (non-hydrogen) atoms. The molecule has 0 bridgehead atoms. The van der Waals surface area contributed by atoms with Crippen LogP contribution in [-0.2, 0) is 14.4 Å². The van der Waals surface area contributed by atoms with Gasteiger partial charge in [0, 0.05) is 31.7 Å². The first-order valence-electron chi connectivity index (χ1n) is 20.1. The molecule has 1 saturated heterocycles. The molecule has 18 nitrogen and oxygen atoms in total. The third-order valence-corrected chi connectivity index (χ3v) is 11.2. The number of nitrogens with zero attached hydrogens (tertiary/aromatic N) is 5. The Kier molecular flexibility index (Phi) is 12.2. The van der Waals surface area contributed by atoms with Crippen LogP contribution in [0.25, 0.3) is 0 Å². The van der Waals surface area contributed by atoms with Crippen LogP contribution in [0.4, 0.5) is 23.1 Å². The number of unbranched alkanes of at least 4 members (excludes halogenated alkanes) is 1. The van der Waals surface area contributed by atoms with Crippen molar-refractivity contribution in [2.24, 2.45) is 0 Å². The smallest absolute Gasteiger partial charge is 0.266 e. The number of aliphatic hydroxyl groups excluding tert-OH is 1. The zero-order valence-electron chi connectivity index (χ0n) is 33.3. The van der Waals surface area contributed by atoms with Crippen LogP contribution in [0.15, 0.2) is 42.6 Å². The summed E-state index contributed by atoms with van der Waals surface area (Å²) < 4.78 is 11.3. The van der Waals surface area contributed by atoms with E-state index >= 15 is 0 Å². The van der Waals surface area contributed by atoms with E-state index in [0.717, 1.165) is 36.4 Å². The molecule has 2 aromatic carbocycles. The number of hydrogen-bond donors (Lipinski definition) is 5. The van der Waals surface area contributed by atoms with Gasteiger partial charge < -0.3 is 45.6 Å². The second-order valence-corrected chi connectivity index (χ2v) is 15.0. The maximum Gasteiger partial charge on any atom is 0.266 e. The standard InChI is InChI=1S/C41H49N9O9/c1-4-27-39(56)48(2)29-21-44-41(47-35(29)49(27)24-10-5-6-11-24)45-26-15-14-23(20-31(26)58-3)36(53)43-19-8-7-18-42-33(52)22-59-30-13-9-12-25-34(30)40(57)50(38(25)55)28-16-17-32(51)46-37(28)54/h9,12-15,20-21,24,27-28,32,51H,4-8,10-11,16-19,22H2,1-3H3,(H,42,52)(H,43,53)(H,46,54)(H,44,45,47). The van der Waals surface area contributed by atoms with Gasteiger partial charge in [-0.3, -0.25) is 33.7 Å². The van der Waals surface area contributed by atoms with E-state index in [-0.39, 0.29) is 53.6 Å². The Hall–Kier alpha value is -6.30.